The minimum atomic E-state index is -0.321. The highest BCUT2D eigenvalue weighted by atomic mass is 16.4. The molecule has 1 aromatic rings. The van der Waals surface area contributed by atoms with Gasteiger partial charge in [0.2, 0.25) is 5.89 Å². The molecule has 1 fully saturated rings. The number of piperidine rings is 1. The van der Waals surface area contributed by atoms with Crippen LogP contribution in [-0.4, -0.2) is 41.0 Å². The maximum absolute atomic E-state index is 9.77. The highest BCUT2D eigenvalue weighted by Gasteiger charge is 2.27. The number of hydrogen-bond donors (Lipinski definition) is 2. The highest BCUT2D eigenvalue weighted by Crippen LogP contribution is 2.22. The van der Waals surface area contributed by atoms with E-state index >= 15 is 0 Å². The predicted octanol–water partition coefficient (Wildman–Crippen LogP) is -0.222. The molecule has 2 unspecified atom stereocenters. The van der Waals surface area contributed by atoms with Crippen LogP contribution in [0.5, 0.6) is 0 Å². The van der Waals surface area contributed by atoms with Crippen molar-refractivity contribution in [2.24, 2.45) is 11.7 Å². The molecule has 16 heavy (non-hydrogen) atoms. The molecule has 0 aromatic carbocycles. The zero-order valence-electron chi connectivity index (χ0n) is 9.46. The Morgan fingerprint density at radius 1 is 1.56 bits per heavy atom. The van der Waals surface area contributed by atoms with E-state index < -0.39 is 0 Å². The van der Waals surface area contributed by atoms with E-state index in [1.54, 1.807) is 0 Å². The highest BCUT2D eigenvalue weighted by molar-refractivity contribution is 5.25. The Bertz CT molecular complexity index is 341. The molecule has 90 valence electrons. The maximum Gasteiger partial charge on any atom is 0.318 e. The van der Waals surface area contributed by atoms with Gasteiger partial charge in [-0.3, -0.25) is 0 Å². The fraction of sp³-hybridized carbons (Fsp3) is 0.800. The second-order valence-corrected chi connectivity index (χ2v) is 4.30. The summed E-state index contributed by atoms with van der Waals surface area (Å²) in [6, 6.07) is 0.495. The van der Waals surface area contributed by atoms with Crippen molar-refractivity contribution in [2.45, 2.75) is 25.9 Å². The Morgan fingerprint density at radius 3 is 3.06 bits per heavy atom. The lowest BCUT2D eigenvalue weighted by atomic mass is 9.96. The van der Waals surface area contributed by atoms with Gasteiger partial charge in [-0.2, -0.15) is 0 Å². The smallest absolute Gasteiger partial charge is 0.318 e. The number of nitrogens with two attached hydrogens (primary N) is 1. The summed E-state index contributed by atoms with van der Waals surface area (Å²) in [4.78, 5) is 1.93. The topological polar surface area (TPSA) is 88.4 Å². The Labute approximate surface area is 94.4 Å². The number of β-amino-alcohol motifs (C(OH)–C–C–N with tert-alkyl or cyclic N) is 1. The molecule has 0 aliphatic carbocycles. The largest absolute Gasteiger partial charge is 0.408 e. The molecule has 6 heteroatoms. The van der Waals surface area contributed by atoms with Crippen molar-refractivity contribution in [1.82, 2.24) is 10.2 Å². The summed E-state index contributed by atoms with van der Waals surface area (Å²) in [7, 11) is 0. The van der Waals surface area contributed by atoms with E-state index in [-0.39, 0.29) is 6.10 Å². The van der Waals surface area contributed by atoms with E-state index in [1.165, 1.54) is 0 Å². The van der Waals surface area contributed by atoms with Crippen LogP contribution in [0.1, 0.15) is 19.2 Å². The molecular formula is C10H18N4O2. The summed E-state index contributed by atoms with van der Waals surface area (Å²) in [5.74, 6) is 0.897. The summed E-state index contributed by atoms with van der Waals surface area (Å²) in [5.41, 5.74) is 5.41. The predicted molar refractivity (Wildman–Crippen MR) is 59.1 cm³/mol. The molecule has 1 aliphatic heterocycles. The van der Waals surface area contributed by atoms with Crippen molar-refractivity contribution in [3.63, 3.8) is 0 Å². The van der Waals surface area contributed by atoms with Crippen LogP contribution in [0.2, 0.25) is 0 Å². The summed E-state index contributed by atoms with van der Waals surface area (Å²) < 4.78 is 5.46. The molecule has 2 heterocycles. The Kier molecular flexibility index (Phi) is 3.40. The fourth-order valence-corrected chi connectivity index (χ4v) is 1.82. The van der Waals surface area contributed by atoms with Crippen molar-refractivity contribution in [3.05, 3.63) is 5.89 Å². The van der Waals surface area contributed by atoms with Crippen LogP contribution in [0.15, 0.2) is 4.42 Å². The quantitative estimate of drug-likeness (QED) is 0.740. The van der Waals surface area contributed by atoms with E-state index in [2.05, 4.69) is 17.1 Å². The molecule has 1 aromatic heterocycles. The van der Waals surface area contributed by atoms with Crippen molar-refractivity contribution < 1.29 is 9.52 Å². The Balaban J connectivity index is 2.01. The number of rotatable bonds is 3. The van der Waals surface area contributed by atoms with Crippen LogP contribution >= 0.6 is 0 Å². The first-order valence-electron chi connectivity index (χ1n) is 5.66. The van der Waals surface area contributed by atoms with E-state index in [9.17, 15) is 5.11 Å². The first-order valence-corrected chi connectivity index (χ1v) is 5.66. The fourth-order valence-electron chi connectivity index (χ4n) is 1.82. The number of aliphatic hydroxyl groups is 1. The maximum atomic E-state index is 9.77. The van der Waals surface area contributed by atoms with Gasteiger partial charge in [0.1, 0.15) is 0 Å². The molecule has 2 rings (SSSR count). The number of aromatic nitrogens is 2. The Hall–Kier alpha value is -1.14. The molecule has 3 N–H and O–H groups in total. The van der Waals surface area contributed by atoms with E-state index in [0.717, 1.165) is 13.0 Å². The van der Waals surface area contributed by atoms with Crippen LogP contribution in [0, 0.1) is 5.92 Å². The standard InChI is InChI=1S/C10H18N4O2/c1-7-3-5-14(6-8(7)15)10-13-12-9(16-10)2-4-11/h7-8,15H,2-6,11H2,1H3. The van der Waals surface area contributed by atoms with E-state index in [4.69, 9.17) is 10.2 Å². The molecule has 1 aliphatic rings. The average Bonchev–Trinajstić information content (AvgIpc) is 2.71. The van der Waals surface area contributed by atoms with Gasteiger partial charge >= 0.3 is 6.01 Å². The summed E-state index contributed by atoms with van der Waals surface area (Å²) >= 11 is 0. The van der Waals surface area contributed by atoms with Gasteiger partial charge in [-0.25, -0.2) is 0 Å². The van der Waals surface area contributed by atoms with Crippen molar-refractivity contribution in [3.8, 4) is 0 Å². The zero-order valence-corrected chi connectivity index (χ0v) is 9.46. The molecule has 0 amide bonds. The van der Waals surface area contributed by atoms with Gasteiger partial charge in [0.05, 0.1) is 6.10 Å². The van der Waals surface area contributed by atoms with Crippen LogP contribution in [0.25, 0.3) is 0 Å². The normalized spacial score (nSPS) is 26.1. The van der Waals surface area contributed by atoms with Gasteiger partial charge in [0, 0.05) is 26.1 Å². The van der Waals surface area contributed by atoms with Gasteiger partial charge < -0.3 is 20.2 Å². The number of hydrogen-bond acceptors (Lipinski definition) is 6. The molecule has 0 bridgehead atoms. The summed E-state index contributed by atoms with van der Waals surface area (Å²) in [5, 5.41) is 17.6. The first kappa shape index (κ1) is 11.3. The summed E-state index contributed by atoms with van der Waals surface area (Å²) in [6.07, 6.45) is 1.22. The van der Waals surface area contributed by atoms with Crippen LogP contribution in [0.4, 0.5) is 6.01 Å². The molecule has 0 spiro atoms. The van der Waals surface area contributed by atoms with Gasteiger partial charge in [-0.15, -0.1) is 5.10 Å². The van der Waals surface area contributed by atoms with E-state index in [0.29, 0.717) is 37.3 Å². The number of aliphatic hydroxyl groups excluding tert-OH is 1. The summed E-state index contributed by atoms with van der Waals surface area (Å²) in [6.45, 7) is 3.96. The minimum absolute atomic E-state index is 0.321. The molecule has 6 nitrogen and oxygen atoms in total. The van der Waals surface area contributed by atoms with Crippen molar-refractivity contribution in [2.75, 3.05) is 24.5 Å². The third-order valence-corrected chi connectivity index (χ3v) is 3.00. The average molecular weight is 226 g/mol. The molecule has 1 saturated heterocycles. The van der Waals surface area contributed by atoms with Gasteiger partial charge in [-0.05, 0) is 12.3 Å². The molecular weight excluding hydrogens is 208 g/mol. The van der Waals surface area contributed by atoms with Gasteiger partial charge in [0.15, 0.2) is 0 Å². The molecule has 0 radical (unpaired) electrons. The van der Waals surface area contributed by atoms with Crippen LogP contribution < -0.4 is 10.6 Å². The second kappa shape index (κ2) is 4.80. The lowest BCUT2D eigenvalue weighted by Crippen LogP contribution is -2.43. The lowest BCUT2D eigenvalue weighted by molar-refractivity contribution is 0.101. The Morgan fingerprint density at radius 2 is 2.38 bits per heavy atom. The second-order valence-electron chi connectivity index (χ2n) is 4.30. The molecule has 0 saturated carbocycles. The monoisotopic (exact) mass is 226 g/mol. The van der Waals surface area contributed by atoms with Gasteiger partial charge in [-0.1, -0.05) is 12.0 Å². The number of anilines is 1. The zero-order chi connectivity index (χ0) is 11.5. The van der Waals surface area contributed by atoms with Crippen LogP contribution in [-0.2, 0) is 6.42 Å². The molecule has 2 atom stereocenters. The SMILES string of the molecule is CC1CCN(c2nnc(CCN)o2)CC1O. The van der Waals surface area contributed by atoms with E-state index in [1.807, 2.05) is 4.90 Å². The van der Waals surface area contributed by atoms with Gasteiger partial charge in [0.25, 0.3) is 0 Å². The van der Waals surface area contributed by atoms with Crippen molar-refractivity contribution >= 4 is 6.01 Å². The third-order valence-electron chi connectivity index (χ3n) is 3.00. The minimum Gasteiger partial charge on any atom is -0.408 e. The first-order chi connectivity index (χ1) is 7.70. The third kappa shape index (κ3) is 2.33. The van der Waals surface area contributed by atoms with Crippen LogP contribution in [0.3, 0.4) is 0 Å². The lowest BCUT2D eigenvalue weighted by Gasteiger charge is -2.32. The number of nitrogens with zero attached hydrogens (tertiary/aromatic N) is 3. The van der Waals surface area contributed by atoms with Crippen molar-refractivity contribution in [1.29, 1.82) is 0 Å².